The molecule has 8 nitrogen and oxygen atoms in total. The third kappa shape index (κ3) is 4.66. The van der Waals surface area contributed by atoms with Crippen molar-refractivity contribution in [1.29, 1.82) is 5.41 Å². The fourth-order valence-corrected chi connectivity index (χ4v) is 6.27. The maximum Gasteiger partial charge on any atom is 0.221 e. The number of β-amino-alcohol motifs (C(OH)–C–C–N with tert-alkyl or cyclic N) is 1. The van der Waals surface area contributed by atoms with Gasteiger partial charge in [-0.15, -0.1) is 0 Å². The fraction of sp³-hybridized carbons (Fsp3) is 0.310. The van der Waals surface area contributed by atoms with Crippen LogP contribution in [0.5, 0.6) is 0 Å². The molecule has 1 unspecified atom stereocenters. The van der Waals surface area contributed by atoms with E-state index in [1.54, 1.807) is 24.3 Å². The smallest absolute Gasteiger partial charge is 0.221 e. The SMILES string of the molecule is CC(=O)Nc1ccc(Cl)cc1N1CC[C@H](N2C(=N)N(Cc3cccc4[nH]ccc34)C3=CC=C(F)CC32)[C@@H](O)C1. The van der Waals surface area contributed by atoms with Crippen molar-refractivity contribution in [2.75, 3.05) is 23.3 Å². The van der Waals surface area contributed by atoms with Gasteiger partial charge in [-0.25, -0.2) is 4.39 Å². The van der Waals surface area contributed by atoms with Gasteiger partial charge in [0.05, 0.1) is 36.1 Å². The van der Waals surface area contributed by atoms with Crippen LogP contribution in [0.4, 0.5) is 15.8 Å². The van der Waals surface area contributed by atoms with Crippen molar-refractivity contribution in [3.05, 3.63) is 82.9 Å². The highest BCUT2D eigenvalue weighted by atomic mass is 35.5. The molecule has 3 aliphatic rings. The van der Waals surface area contributed by atoms with E-state index in [0.717, 1.165) is 27.9 Å². The van der Waals surface area contributed by atoms with Crippen molar-refractivity contribution < 1.29 is 14.3 Å². The van der Waals surface area contributed by atoms with Crippen LogP contribution in [0.3, 0.4) is 0 Å². The molecule has 39 heavy (non-hydrogen) atoms. The highest BCUT2D eigenvalue weighted by Crippen LogP contribution is 2.40. The molecule has 2 saturated heterocycles. The minimum Gasteiger partial charge on any atom is -0.389 e. The second-order valence-corrected chi connectivity index (χ2v) is 10.7. The summed E-state index contributed by atoms with van der Waals surface area (Å²) in [4.78, 5) is 20.8. The summed E-state index contributed by atoms with van der Waals surface area (Å²) in [6, 6.07) is 12.6. The lowest BCUT2D eigenvalue weighted by Crippen LogP contribution is -2.57. The van der Waals surface area contributed by atoms with Gasteiger partial charge in [-0.2, -0.15) is 0 Å². The first-order chi connectivity index (χ1) is 18.8. The van der Waals surface area contributed by atoms with Crippen LogP contribution in [0.15, 0.2) is 72.3 Å². The van der Waals surface area contributed by atoms with E-state index in [9.17, 15) is 19.7 Å². The first-order valence-electron chi connectivity index (χ1n) is 13.1. The number of carbonyl (C=O) groups is 1. The number of aliphatic hydroxyl groups excluding tert-OH is 1. The van der Waals surface area contributed by atoms with Crippen LogP contribution in [-0.2, 0) is 11.3 Å². The number of rotatable bonds is 5. The predicted molar refractivity (Wildman–Crippen MR) is 151 cm³/mol. The Hall–Kier alpha value is -3.82. The molecule has 1 aliphatic carbocycles. The van der Waals surface area contributed by atoms with Gasteiger partial charge in [0.1, 0.15) is 5.83 Å². The number of nitrogens with zero attached hydrogens (tertiary/aromatic N) is 3. The maximum atomic E-state index is 14.6. The molecule has 0 saturated carbocycles. The maximum absolute atomic E-state index is 14.6. The number of aromatic nitrogens is 1. The van der Waals surface area contributed by atoms with Crippen LogP contribution < -0.4 is 10.2 Å². The second-order valence-electron chi connectivity index (χ2n) is 10.3. The Labute approximate surface area is 230 Å². The van der Waals surface area contributed by atoms with Gasteiger partial charge < -0.3 is 30.1 Å². The molecule has 6 rings (SSSR count). The number of nitrogens with one attached hydrogen (secondary N) is 3. The van der Waals surface area contributed by atoms with Gasteiger partial charge in [-0.05, 0) is 54.5 Å². The third-order valence-electron chi connectivity index (χ3n) is 7.84. The van der Waals surface area contributed by atoms with E-state index in [-0.39, 0.29) is 42.7 Å². The number of benzene rings is 2. The van der Waals surface area contributed by atoms with E-state index in [1.807, 2.05) is 45.2 Å². The Bertz CT molecular complexity index is 1520. The Morgan fingerprint density at radius 3 is 2.90 bits per heavy atom. The highest BCUT2D eigenvalue weighted by molar-refractivity contribution is 6.31. The van der Waals surface area contributed by atoms with Crippen LogP contribution >= 0.6 is 11.6 Å². The minimum atomic E-state index is -0.813. The zero-order valence-electron chi connectivity index (χ0n) is 21.5. The average molecular weight is 549 g/mol. The molecule has 4 N–H and O–H groups in total. The number of aromatic amines is 1. The molecular weight excluding hydrogens is 519 g/mol. The van der Waals surface area contributed by atoms with Gasteiger partial charge in [0.15, 0.2) is 5.96 Å². The minimum absolute atomic E-state index is 0.160. The van der Waals surface area contributed by atoms with Crippen molar-refractivity contribution in [3.8, 4) is 0 Å². The van der Waals surface area contributed by atoms with Crippen molar-refractivity contribution >= 4 is 45.7 Å². The van der Waals surface area contributed by atoms with Gasteiger partial charge in [0, 0.05) is 54.3 Å². The quantitative estimate of drug-likeness (QED) is 0.360. The second kappa shape index (κ2) is 10.1. The lowest BCUT2D eigenvalue weighted by Gasteiger charge is -2.43. The summed E-state index contributed by atoms with van der Waals surface area (Å²) in [5.74, 6) is -0.162. The number of carbonyl (C=O) groups excluding carboxylic acids is 1. The number of halogens is 2. The number of H-pyrrole nitrogens is 1. The first kappa shape index (κ1) is 25.5. The number of fused-ring (bicyclic) bond motifs is 2. The molecule has 2 fully saturated rings. The first-order valence-corrected chi connectivity index (χ1v) is 13.4. The standard InChI is InChI=1S/C29H30ClFN6O2/c1-17(38)34-23-7-5-19(30)13-26(23)35-12-10-25(28(39)16-35)37-27-14-20(31)6-8-24(27)36(29(37)32)15-18-3-2-4-22-21(18)9-11-33-22/h2-9,11,13,25,27-28,32-33,39H,10,12,14-16H2,1H3,(H,34,38)/t25-,27?,28-/m0/s1. The lowest BCUT2D eigenvalue weighted by atomic mass is 9.95. The molecule has 0 radical (unpaired) electrons. The van der Waals surface area contributed by atoms with E-state index in [1.165, 1.54) is 13.0 Å². The van der Waals surface area contributed by atoms with Crippen molar-refractivity contribution in [3.63, 3.8) is 0 Å². The molecule has 3 aromatic rings. The zero-order valence-corrected chi connectivity index (χ0v) is 22.3. The summed E-state index contributed by atoms with van der Waals surface area (Å²) in [6.07, 6.45) is 5.04. The number of hydrogen-bond donors (Lipinski definition) is 4. The largest absolute Gasteiger partial charge is 0.389 e. The summed E-state index contributed by atoms with van der Waals surface area (Å²) < 4.78 is 14.6. The summed E-state index contributed by atoms with van der Waals surface area (Å²) in [5.41, 5.74) is 4.32. The van der Waals surface area contributed by atoms with Gasteiger partial charge in [-0.3, -0.25) is 10.2 Å². The zero-order chi connectivity index (χ0) is 27.3. The third-order valence-corrected chi connectivity index (χ3v) is 8.08. The Morgan fingerprint density at radius 1 is 1.26 bits per heavy atom. The number of aliphatic hydroxyl groups is 1. The van der Waals surface area contributed by atoms with Crippen LogP contribution in [0, 0.1) is 5.41 Å². The molecule has 1 amide bonds. The number of hydrogen-bond acceptors (Lipinski definition) is 4. The van der Waals surface area contributed by atoms with Crippen LogP contribution in [0.2, 0.25) is 5.02 Å². The Balaban J connectivity index is 1.27. The summed E-state index contributed by atoms with van der Waals surface area (Å²) in [7, 11) is 0. The average Bonchev–Trinajstić information content (AvgIpc) is 3.48. The Kier molecular flexibility index (Phi) is 6.56. The van der Waals surface area contributed by atoms with Crippen LogP contribution in [0.25, 0.3) is 10.9 Å². The molecule has 1 aromatic heterocycles. The molecule has 2 aromatic carbocycles. The molecule has 0 bridgehead atoms. The van der Waals surface area contributed by atoms with E-state index >= 15 is 0 Å². The molecule has 3 heterocycles. The monoisotopic (exact) mass is 548 g/mol. The fourth-order valence-electron chi connectivity index (χ4n) is 6.10. The number of piperidine rings is 1. The predicted octanol–water partition coefficient (Wildman–Crippen LogP) is 4.98. The topological polar surface area (TPSA) is 98.7 Å². The van der Waals surface area contributed by atoms with E-state index in [2.05, 4.69) is 10.3 Å². The van der Waals surface area contributed by atoms with Crippen LogP contribution in [-0.4, -0.2) is 63.0 Å². The van der Waals surface area contributed by atoms with E-state index in [0.29, 0.717) is 30.2 Å². The van der Waals surface area contributed by atoms with Crippen molar-refractivity contribution in [1.82, 2.24) is 14.8 Å². The number of guanidine groups is 1. The van der Waals surface area contributed by atoms with Gasteiger partial charge in [-0.1, -0.05) is 23.7 Å². The molecule has 10 heteroatoms. The van der Waals surface area contributed by atoms with Gasteiger partial charge in [0.2, 0.25) is 5.91 Å². The van der Waals surface area contributed by atoms with Crippen molar-refractivity contribution in [2.45, 2.75) is 44.5 Å². The highest BCUT2D eigenvalue weighted by Gasteiger charge is 2.47. The van der Waals surface area contributed by atoms with Crippen molar-refractivity contribution in [2.24, 2.45) is 0 Å². The summed E-state index contributed by atoms with van der Waals surface area (Å²) in [6.45, 7) is 2.78. The molecular formula is C29H30ClFN6O2. The number of anilines is 2. The summed E-state index contributed by atoms with van der Waals surface area (Å²) >= 11 is 6.27. The van der Waals surface area contributed by atoms with Gasteiger partial charge >= 0.3 is 0 Å². The molecule has 202 valence electrons. The van der Waals surface area contributed by atoms with Crippen LogP contribution in [0.1, 0.15) is 25.3 Å². The Morgan fingerprint density at radius 2 is 2.10 bits per heavy atom. The summed E-state index contributed by atoms with van der Waals surface area (Å²) in [5, 5.41) is 25.1. The molecule has 3 atom stereocenters. The van der Waals surface area contributed by atoms with E-state index < -0.39 is 6.10 Å². The van der Waals surface area contributed by atoms with E-state index in [4.69, 9.17) is 11.6 Å². The number of allylic oxidation sites excluding steroid dienone is 2. The molecule has 0 spiro atoms. The number of amides is 1. The lowest BCUT2D eigenvalue weighted by molar-refractivity contribution is -0.114. The van der Waals surface area contributed by atoms with Gasteiger partial charge in [0.25, 0.3) is 0 Å². The molecule has 2 aliphatic heterocycles. The normalized spacial score (nSPS) is 23.1.